The van der Waals surface area contributed by atoms with E-state index < -0.39 is 41.1 Å². The summed E-state index contributed by atoms with van der Waals surface area (Å²) in [5.74, 6) is -4.95. The van der Waals surface area contributed by atoms with Crippen LogP contribution in [0.4, 0.5) is 0 Å². The van der Waals surface area contributed by atoms with Crippen LogP contribution in [0.2, 0.25) is 0 Å². The first-order valence-electron chi connectivity index (χ1n) is 7.39. The van der Waals surface area contributed by atoms with Crippen molar-refractivity contribution in [1.82, 2.24) is 0 Å². The number of esters is 2. The standard InChI is InChI=1S/C17H19BrO6/c1-17(22)8-11(19)13(15(20)23-2)12(14(17)16(21)24-3)9-4-6-10(18)7-5-9/h4-7,12-14,22H,8H2,1-3H3/t12-,13-,14-,17+/m0/s1. The molecule has 0 saturated heterocycles. The fraction of sp³-hybridized carbons (Fsp3) is 0.471. The van der Waals surface area contributed by atoms with Gasteiger partial charge >= 0.3 is 11.9 Å². The molecule has 0 bridgehead atoms. The predicted octanol–water partition coefficient (Wildman–Crippen LogP) is 1.83. The van der Waals surface area contributed by atoms with Crippen molar-refractivity contribution in [1.29, 1.82) is 0 Å². The highest BCUT2D eigenvalue weighted by Gasteiger charge is 2.56. The Kier molecular flexibility index (Phi) is 5.45. The lowest BCUT2D eigenvalue weighted by Crippen LogP contribution is -2.55. The Hall–Kier alpha value is -1.73. The molecule has 7 heteroatoms. The lowest BCUT2D eigenvalue weighted by Gasteiger charge is -2.43. The Morgan fingerprint density at radius 2 is 1.71 bits per heavy atom. The molecule has 0 spiro atoms. The highest BCUT2D eigenvalue weighted by molar-refractivity contribution is 9.10. The van der Waals surface area contributed by atoms with E-state index >= 15 is 0 Å². The SMILES string of the molecule is COC(=O)[C@H]1C(=O)C[C@@](C)(O)[C@H](C(=O)OC)[C@H]1c1ccc(Br)cc1. The number of methoxy groups -OCH3 is 2. The summed E-state index contributed by atoms with van der Waals surface area (Å²) in [6.07, 6.45) is -0.320. The maximum absolute atomic E-state index is 12.5. The highest BCUT2D eigenvalue weighted by Crippen LogP contribution is 2.46. The summed E-state index contributed by atoms with van der Waals surface area (Å²) in [5, 5.41) is 10.7. The average molecular weight is 399 g/mol. The van der Waals surface area contributed by atoms with Gasteiger partial charge in [0, 0.05) is 16.8 Å². The van der Waals surface area contributed by atoms with Gasteiger partial charge in [-0.15, -0.1) is 0 Å². The third-order valence-corrected chi connectivity index (χ3v) is 4.96. The Labute approximate surface area is 148 Å². The van der Waals surface area contributed by atoms with Crippen LogP contribution in [0.5, 0.6) is 0 Å². The first-order valence-corrected chi connectivity index (χ1v) is 8.18. The largest absolute Gasteiger partial charge is 0.469 e. The molecule has 1 saturated carbocycles. The van der Waals surface area contributed by atoms with E-state index in [1.807, 2.05) is 0 Å². The van der Waals surface area contributed by atoms with E-state index in [-0.39, 0.29) is 6.42 Å². The molecule has 2 rings (SSSR count). The van der Waals surface area contributed by atoms with E-state index in [1.165, 1.54) is 21.1 Å². The van der Waals surface area contributed by atoms with Gasteiger partial charge in [0.25, 0.3) is 0 Å². The lowest BCUT2D eigenvalue weighted by atomic mass is 9.62. The number of rotatable bonds is 3. The number of Topliss-reactive ketones (excluding diaryl/α,β-unsaturated/α-hetero) is 1. The van der Waals surface area contributed by atoms with E-state index in [0.717, 1.165) is 4.47 Å². The summed E-state index contributed by atoms with van der Waals surface area (Å²) < 4.78 is 10.4. The summed E-state index contributed by atoms with van der Waals surface area (Å²) in [6, 6.07) is 6.89. The second-order valence-corrected chi connectivity index (χ2v) is 6.99. The Bertz CT molecular complexity index is 652. The van der Waals surface area contributed by atoms with Crippen LogP contribution in [0.1, 0.15) is 24.8 Å². The van der Waals surface area contributed by atoms with Crippen molar-refractivity contribution in [3.05, 3.63) is 34.3 Å². The number of ketones is 1. The van der Waals surface area contributed by atoms with Gasteiger partial charge in [0.2, 0.25) is 0 Å². The van der Waals surface area contributed by atoms with E-state index in [1.54, 1.807) is 24.3 Å². The van der Waals surface area contributed by atoms with Crippen LogP contribution in [0.3, 0.4) is 0 Å². The summed E-state index contributed by atoms with van der Waals surface area (Å²) in [6.45, 7) is 1.41. The van der Waals surface area contributed by atoms with Gasteiger partial charge in [-0.2, -0.15) is 0 Å². The molecule has 1 aromatic rings. The van der Waals surface area contributed by atoms with Gasteiger partial charge < -0.3 is 14.6 Å². The first kappa shape index (κ1) is 18.6. The summed E-state index contributed by atoms with van der Waals surface area (Å²) in [5.41, 5.74) is -1.04. The fourth-order valence-electron chi connectivity index (χ4n) is 3.35. The first-order chi connectivity index (χ1) is 11.2. The molecule has 1 fully saturated rings. The Morgan fingerprint density at radius 1 is 1.17 bits per heavy atom. The van der Waals surface area contributed by atoms with Crippen LogP contribution in [-0.4, -0.2) is 42.6 Å². The quantitative estimate of drug-likeness (QED) is 0.616. The van der Waals surface area contributed by atoms with Gasteiger partial charge in [0.15, 0.2) is 5.78 Å². The zero-order valence-corrected chi connectivity index (χ0v) is 15.2. The minimum atomic E-state index is -1.62. The van der Waals surface area contributed by atoms with Crippen molar-refractivity contribution >= 4 is 33.7 Å². The molecule has 1 N–H and O–H groups in total. The topological polar surface area (TPSA) is 89.9 Å². The molecule has 0 unspecified atom stereocenters. The molecule has 0 amide bonds. The number of hydrogen-bond donors (Lipinski definition) is 1. The number of aliphatic hydroxyl groups is 1. The molecule has 1 aliphatic rings. The van der Waals surface area contributed by atoms with Gasteiger partial charge in [-0.25, -0.2) is 0 Å². The van der Waals surface area contributed by atoms with Gasteiger partial charge in [0.05, 0.1) is 25.7 Å². The monoisotopic (exact) mass is 398 g/mol. The third-order valence-electron chi connectivity index (χ3n) is 4.43. The molecule has 0 aliphatic heterocycles. The molecule has 0 radical (unpaired) electrons. The molecule has 4 atom stereocenters. The Morgan fingerprint density at radius 3 is 2.21 bits per heavy atom. The van der Waals surface area contributed by atoms with Gasteiger partial charge in [0.1, 0.15) is 5.92 Å². The zero-order chi connectivity index (χ0) is 18.1. The maximum atomic E-state index is 12.5. The van der Waals surface area contributed by atoms with Crippen LogP contribution < -0.4 is 0 Å². The second kappa shape index (κ2) is 7.03. The zero-order valence-electron chi connectivity index (χ0n) is 13.6. The normalized spacial score (nSPS) is 29.9. The van der Waals surface area contributed by atoms with E-state index in [2.05, 4.69) is 15.9 Å². The number of carbonyl (C=O) groups is 3. The van der Waals surface area contributed by atoms with E-state index in [9.17, 15) is 19.5 Å². The van der Waals surface area contributed by atoms with Crippen molar-refractivity contribution in [2.45, 2.75) is 24.9 Å². The smallest absolute Gasteiger partial charge is 0.316 e. The van der Waals surface area contributed by atoms with Crippen molar-refractivity contribution in [3.8, 4) is 0 Å². The summed E-state index contributed by atoms with van der Waals surface area (Å²) >= 11 is 3.32. The summed E-state index contributed by atoms with van der Waals surface area (Å²) in [4.78, 5) is 37.0. The number of benzene rings is 1. The van der Waals surface area contributed by atoms with Gasteiger partial charge in [-0.05, 0) is 24.6 Å². The predicted molar refractivity (Wildman–Crippen MR) is 88.1 cm³/mol. The number of ether oxygens (including phenoxy) is 2. The molecule has 0 aromatic heterocycles. The molecule has 24 heavy (non-hydrogen) atoms. The van der Waals surface area contributed by atoms with Crippen LogP contribution in [0, 0.1) is 11.8 Å². The molecular weight excluding hydrogens is 380 g/mol. The van der Waals surface area contributed by atoms with Crippen LogP contribution >= 0.6 is 15.9 Å². The average Bonchev–Trinajstić information content (AvgIpc) is 2.53. The number of halogens is 1. The van der Waals surface area contributed by atoms with E-state index in [0.29, 0.717) is 5.56 Å². The molecule has 0 heterocycles. The molecule has 130 valence electrons. The molecule has 6 nitrogen and oxygen atoms in total. The van der Waals surface area contributed by atoms with Gasteiger partial charge in [-0.3, -0.25) is 14.4 Å². The minimum Gasteiger partial charge on any atom is -0.469 e. The number of hydrogen-bond acceptors (Lipinski definition) is 6. The van der Waals surface area contributed by atoms with Crippen molar-refractivity contribution in [3.63, 3.8) is 0 Å². The van der Waals surface area contributed by atoms with Crippen LogP contribution in [0.15, 0.2) is 28.7 Å². The van der Waals surface area contributed by atoms with Crippen molar-refractivity contribution in [2.75, 3.05) is 14.2 Å². The van der Waals surface area contributed by atoms with Crippen molar-refractivity contribution < 1.29 is 29.0 Å². The summed E-state index contributed by atoms with van der Waals surface area (Å²) in [7, 11) is 2.40. The number of carbonyl (C=O) groups excluding carboxylic acids is 3. The Balaban J connectivity index is 2.63. The lowest BCUT2D eigenvalue weighted by molar-refractivity contribution is -0.170. The highest BCUT2D eigenvalue weighted by atomic mass is 79.9. The fourth-order valence-corrected chi connectivity index (χ4v) is 3.62. The van der Waals surface area contributed by atoms with Crippen LogP contribution in [0.25, 0.3) is 0 Å². The van der Waals surface area contributed by atoms with Crippen LogP contribution in [-0.2, 0) is 23.9 Å². The molecule has 1 aromatic carbocycles. The maximum Gasteiger partial charge on any atom is 0.316 e. The van der Waals surface area contributed by atoms with Crippen molar-refractivity contribution in [2.24, 2.45) is 11.8 Å². The van der Waals surface area contributed by atoms with Gasteiger partial charge in [-0.1, -0.05) is 28.1 Å². The van der Waals surface area contributed by atoms with E-state index in [4.69, 9.17) is 9.47 Å². The minimum absolute atomic E-state index is 0.320. The molecule has 1 aliphatic carbocycles. The second-order valence-electron chi connectivity index (χ2n) is 6.08. The molecular formula is C17H19BrO6. The third kappa shape index (κ3) is 3.37.